The van der Waals surface area contributed by atoms with Gasteiger partial charge in [0.2, 0.25) is 0 Å². The van der Waals surface area contributed by atoms with Gasteiger partial charge in [0.1, 0.15) is 5.04 Å². The van der Waals surface area contributed by atoms with E-state index in [0.717, 1.165) is 11.1 Å². The van der Waals surface area contributed by atoms with Gasteiger partial charge >= 0.3 is 0 Å². The largest absolute Gasteiger partial charge is 0.504 e. The summed E-state index contributed by atoms with van der Waals surface area (Å²) in [5.41, 5.74) is 2.49. The van der Waals surface area contributed by atoms with Crippen LogP contribution in [-0.2, 0) is 4.79 Å². The van der Waals surface area contributed by atoms with Crippen molar-refractivity contribution in [2.75, 3.05) is 7.11 Å². The third-order valence-electron chi connectivity index (χ3n) is 3.61. The predicted molar refractivity (Wildman–Crippen MR) is 108 cm³/mol. The van der Waals surface area contributed by atoms with Crippen LogP contribution in [0.3, 0.4) is 0 Å². The Morgan fingerprint density at radius 3 is 2.56 bits per heavy atom. The molecule has 0 fully saturated rings. The molecule has 7 heteroatoms. The van der Waals surface area contributed by atoms with Crippen molar-refractivity contribution < 1.29 is 14.6 Å². The van der Waals surface area contributed by atoms with Crippen molar-refractivity contribution in [3.63, 3.8) is 0 Å². The van der Waals surface area contributed by atoms with Crippen LogP contribution >= 0.6 is 43.6 Å². The molecule has 0 unspecified atom stereocenters. The van der Waals surface area contributed by atoms with Crippen LogP contribution in [0.1, 0.15) is 16.7 Å². The fourth-order valence-electron chi connectivity index (χ4n) is 2.26. The molecule has 2 aromatic rings. The van der Waals surface area contributed by atoms with Crippen molar-refractivity contribution in [2.45, 2.75) is 6.92 Å². The molecule has 0 saturated carbocycles. The number of halogens is 2. The number of rotatable bonds is 3. The number of aromatic hydroxyl groups is 1. The molecular weight excluding hydrogens is 470 g/mol. The molecule has 25 heavy (non-hydrogen) atoms. The zero-order valence-electron chi connectivity index (χ0n) is 13.3. The van der Waals surface area contributed by atoms with Crippen molar-refractivity contribution in [3.05, 3.63) is 60.9 Å². The summed E-state index contributed by atoms with van der Waals surface area (Å²) in [7, 11) is 1.47. The smallest absolute Gasteiger partial charge is 0.284 e. The predicted octanol–water partition coefficient (Wildman–Crippen LogP) is 5.30. The van der Waals surface area contributed by atoms with Gasteiger partial charge < -0.3 is 9.84 Å². The molecule has 0 aromatic heterocycles. The third-order valence-corrected chi connectivity index (χ3v) is 6.65. The molecule has 1 aliphatic rings. The average Bonchev–Trinajstić information content (AvgIpc) is 2.96. The monoisotopic (exact) mass is 481 g/mol. The number of benzene rings is 2. The molecule has 0 saturated heterocycles. The lowest BCUT2D eigenvalue weighted by molar-refractivity contribution is -0.113. The SMILES string of the molecule is COc1cc(Br)c(Br)c(/C=C2\SC(c3ccc(C)cc3)=NC2=O)c1O. The van der Waals surface area contributed by atoms with Crippen LogP contribution < -0.4 is 4.74 Å². The van der Waals surface area contributed by atoms with Gasteiger partial charge in [-0.3, -0.25) is 4.79 Å². The van der Waals surface area contributed by atoms with E-state index in [1.54, 1.807) is 12.1 Å². The van der Waals surface area contributed by atoms with Crippen LogP contribution in [-0.4, -0.2) is 23.2 Å². The van der Waals surface area contributed by atoms with E-state index in [9.17, 15) is 9.90 Å². The lowest BCUT2D eigenvalue weighted by atomic mass is 10.1. The van der Waals surface area contributed by atoms with Crippen LogP contribution in [0.4, 0.5) is 0 Å². The van der Waals surface area contributed by atoms with Gasteiger partial charge in [0, 0.05) is 20.1 Å². The molecule has 1 amide bonds. The van der Waals surface area contributed by atoms with Crippen molar-refractivity contribution in [1.82, 2.24) is 0 Å². The second-order valence-electron chi connectivity index (χ2n) is 5.34. The Balaban J connectivity index is 1.98. The molecule has 0 aliphatic carbocycles. The molecule has 128 valence electrons. The maximum atomic E-state index is 12.3. The molecule has 4 nitrogen and oxygen atoms in total. The Hall–Kier alpha value is -1.57. The lowest BCUT2D eigenvalue weighted by Gasteiger charge is -2.10. The molecule has 0 atom stereocenters. The Morgan fingerprint density at radius 2 is 1.92 bits per heavy atom. The van der Waals surface area contributed by atoms with E-state index in [1.807, 2.05) is 31.2 Å². The van der Waals surface area contributed by atoms with Crippen molar-refractivity contribution in [1.29, 1.82) is 0 Å². The number of ether oxygens (including phenoxy) is 1. The lowest BCUT2D eigenvalue weighted by Crippen LogP contribution is -1.92. The zero-order chi connectivity index (χ0) is 18.1. The molecule has 3 rings (SSSR count). The molecule has 1 N–H and O–H groups in total. The highest BCUT2D eigenvalue weighted by molar-refractivity contribution is 9.13. The van der Waals surface area contributed by atoms with Crippen LogP contribution in [0.15, 0.2) is 49.2 Å². The van der Waals surface area contributed by atoms with E-state index in [0.29, 0.717) is 30.2 Å². The zero-order valence-corrected chi connectivity index (χ0v) is 17.3. The summed E-state index contributed by atoms with van der Waals surface area (Å²) in [6, 6.07) is 9.48. The third kappa shape index (κ3) is 3.68. The van der Waals surface area contributed by atoms with Gasteiger partial charge in [0.25, 0.3) is 5.91 Å². The van der Waals surface area contributed by atoms with Gasteiger partial charge in [0.15, 0.2) is 11.5 Å². The van der Waals surface area contributed by atoms with E-state index >= 15 is 0 Å². The van der Waals surface area contributed by atoms with E-state index in [1.165, 1.54) is 18.9 Å². The number of nitrogens with zero attached hydrogens (tertiary/aromatic N) is 1. The normalized spacial score (nSPS) is 15.6. The maximum absolute atomic E-state index is 12.3. The topological polar surface area (TPSA) is 58.9 Å². The molecule has 1 aliphatic heterocycles. The Bertz CT molecular complexity index is 921. The van der Waals surface area contributed by atoms with E-state index in [2.05, 4.69) is 36.9 Å². The number of phenolic OH excluding ortho intramolecular Hbond substituents is 1. The summed E-state index contributed by atoms with van der Waals surface area (Å²) >= 11 is 8.11. The highest BCUT2D eigenvalue weighted by Gasteiger charge is 2.24. The van der Waals surface area contributed by atoms with Crippen LogP contribution in [0, 0.1) is 6.92 Å². The summed E-state index contributed by atoms with van der Waals surface area (Å²) in [4.78, 5) is 16.8. The fourth-order valence-corrected chi connectivity index (χ4v) is 4.00. The van der Waals surface area contributed by atoms with Crippen molar-refractivity contribution in [2.24, 2.45) is 4.99 Å². The van der Waals surface area contributed by atoms with E-state index in [-0.39, 0.29) is 11.7 Å². The average molecular weight is 483 g/mol. The molecule has 0 bridgehead atoms. The Labute approximate surface area is 166 Å². The minimum atomic E-state index is -0.328. The number of phenols is 1. The summed E-state index contributed by atoms with van der Waals surface area (Å²) in [5.74, 6) is -0.0508. The minimum absolute atomic E-state index is 0.0396. The number of thioether (sulfide) groups is 1. The Kier molecular flexibility index (Phi) is 5.36. The van der Waals surface area contributed by atoms with Gasteiger partial charge in [-0.05, 0) is 50.9 Å². The molecule has 0 spiro atoms. The maximum Gasteiger partial charge on any atom is 0.284 e. The summed E-state index contributed by atoms with van der Waals surface area (Å²) in [6.07, 6.45) is 1.62. The quantitative estimate of drug-likeness (QED) is 0.603. The van der Waals surface area contributed by atoms with Crippen molar-refractivity contribution in [3.8, 4) is 11.5 Å². The number of hydrogen-bond donors (Lipinski definition) is 1. The second-order valence-corrected chi connectivity index (χ2v) is 8.01. The second kappa shape index (κ2) is 7.35. The van der Waals surface area contributed by atoms with Gasteiger partial charge in [-0.2, -0.15) is 0 Å². The first kappa shape index (κ1) is 18.2. The first-order valence-electron chi connectivity index (χ1n) is 7.25. The number of hydrogen-bond acceptors (Lipinski definition) is 4. The number of carbonyl (C=O) groups excluding carboxylic acids is 1. The molecular formula is C18H13Br2NO3S. The molecule has 0 radical (unpaired) electrons. The number of carbonyl (C=O) groups is 1. The number of methoxy groups -OCH3 is 1. The highest BCUT2D eigenvalue weighted by Crippen LogP contribution is 2.43. The minimum Gasteiger partial charge on any atom is -0.504 e. The van der Waals surface area contributed by atoms with Gasteiger partial charge in [-0.25, -0.2) is 4.99 Å². The van der Waals surface area contributed by atoms with Crippen LogP contribution in [0.5, 0.6) is 11.5 Å². The van der Waals surface area contributed by atoms with Crippen LogP contribution in [0.25, 0.3) is 6.08 Å². The highest BCUT2D eigenvalue weighted by atomic mass is 79.9. The summed E-state index contributed by atoms with van der Waals surface area (Å²) in [5, 5.41) is 11.0. The molecule has 2 aromatic carbocycles. The Morgan fingerprint density at radius 1 is 1.24 bits per heavy atom. The van der Waals surface area contributed by atoms with Crippen LogP contribution in [0.2, 0.25) is 0 Å². The number of amides is 1. The number of aliphatic imine (C=N–C) groups is 1. The standard InChI is InChI=1S/C18H13Br2NO3S/c1-9-3-5-10(6-4-9)18-21-17(23)14(25-18)7-11-15(20)12(19)8-13(24-2)16(11)22/h3-8,22H,1-2H3/b14-7-. The summed E-state index contributed by atoms with van der Waals surface area (Å²) < 4.78 is 6.51. The van der Waals surface area contributed by atoms with Gasteiger partial charge in [0.05, 0.1) is 12.0 Å². The fraction of sp³-hybridized carbons (Fsp3) is 0.111. The summed E-state index contributed by atoms with van der Waals surface area (Å²) in [6.45, 7) is 2.00. The van der Waals surface area contributed by atoms with E-state index < -0.39 is 0 Å². The number of aryl methyl sites for hydroxylation is 1. The van der Waals surface area contributed by atoms with E-state index in [4.69, 9.17) is 4.74 Å². The van der Waals surface area contributed by atoms with Gasteiger partial charge in [-0.15, -0.1) is 0 Å². The molecule has 1 heterocycles. The van der Waals surface area contributed by atoms with Gasteiger partial charge in [-0.1, -0.05) is 41.6 Å². The van der Waals surface area contributed by atoms with Crippen molar-refractivity contribution >= 4 is 60.6 Å². The first-order valence-corrected chi connectivity index (χ1v) is 9.65. The first-order chi connectivity index (χ1) is 11.9.